The van der Waals surface area contributed by atoms with Gasteiger partial charge in [0.1, 0.15) is 5.60 Å². The molecule has 0 saturated carbocycles. The summed E-state index contributed by atoms with van der Waals surface area (Å²) in [4.78, 5) is 34.0. The van der Waals surface area contributed by atoms with Gasteiger partial charge in [-0.25, -0.2) is 9.59 Å². The Morgan fingerprint density at radius 3 is 1.84 bits per heavy atom. The van der Waals surface area contributed by atoms with E-state index >= 15 is 0 Å². The molecule has 3 N–H and O–H groups in total. The molecule has 0 aromatic heterocycles. The van der Waals surface area contributed by atoms with Crippen LogP contribution < -0.4 is 10.2 Å². The lowest BCUT2D eigenvalue weighted by Gasteiger charge is -2.22. The molecular formula is C17H26N2O6. The molecule has 1 atom stereocenters. The van der Waals surface area contributed by atoms with Crippen LogP contribution in [0, 0.1) is 0 Å². The molecule has 0 saturated heterocycles. The van der Waals surface area contributed by atoms with Crippen molar-refractivity contribution in [3.05, 3.63) is 29.8 Å². The van der Waals surface area contributed by atoms with Gasteiger partial charge in [-0.05, 0) is 38.5 Å². The number of carbonyl (C=O) groups excluding carboxylic acids is 1. The molecule has 0 bridgehead atoms. The van der Waals surface area contributed by atoms with Gasteiger partial charge in [-0.1, -0.05) is 12.1 Å². The molecule has 0 aliphatic rings. The first-order chi connectivity index (χ1) is 11.3. The number of anilines is 1. The normalized spacial score (nSPS) is 11.4. The van der Waals surface area contributed by atoms with Crippen LogP contribution in [-0.2, 0) is 14.3 Å². The standard InChI is InChI=1S/C15H22N2O4.C2H4O2/c1-15(2,3)21-14(20)16-12(13(18)19)10-6-8-11(9-7-10)17(4)5;1-2(3)4/h6-9,12H,1-5H3,(H,16,20)(H,18,19);1H3,(H,3,4). The third-order valence-electron chi connectivity index (χ3n) is 2.65. The smallest absolute Gasteiger partial charge is 0.408 e. The summed E-state index contributed by atoms with van der Waals surface area (Å²) >= 11 is 0. The van der Waals surface area contributed by atoms with Crippen molar-refractivity contribution < 1.29 is 29.3 Å². The number of benzene rings is 1. The first-order valence-corrected chi connectivity index (χ1v) is 7.52. The Balaban J connectivity index is 0.00000129. The summed E-state index contributed by atoms with van der Waals surface area (Å²) in [6, 6.07) is 5.79. The van der Waals surface area contributed by atoms with E-state index in [0.29, 0.717) is 5.56 Å². The summed E-state index contributed by atoms with van der Waals surface area (Å²) in [7, 11) is 3.78. The maximum atomic E-state index is 11.7. The number of carboxylic acids is 2. The highest BCUT2D eigenvalue weighted by Gasteiger charge is 2.25. The van der Waals surface area contributed by atoms with E-state index in [1.165, 1.54) is 0 Å². The van der Waals surface area contributed by atoms with Crippen LogP contribution >= 0.6 is 0 Å². The first kappa shape index (κ1) is 22.2. The van der Waals surface area contributed by atoms with E-state index in [4.69, 9.17) is 14.6 Å². The SMILES string of the molecule is CC(=O)O.CN(C)c1ccc(C(NC(=O)OC(C)(C)C)C(=O)O)cc1. The molecule has 8 heteroatoms. The Bertz CT molecular complexity index is 586. The predicted octanol–water partition coefficient (Wildman–Crippen LogP) is 2.49. The van der Waals surface area contributed by atoms with Crippen molar-refractivity contribution in [3.8, 4) is 0 Å². The molecule has 0 radical (unpaired) electrons. The molecule has 8 nitrogen and oxygen atoms in total. The van der Waals surface area contributed by atoms with Crippen molar-refractivity contribution in [2.45, 2.75) is 39.3 Å². The molecule has 1 unspecified atom stereocenters. The highest BCUT2D eigenvalue weighted by atomic mass is 16.6. The zero-order chi connectivity index (χ0) is 19.8. The van der Waals surface area contributed by atoms with E-state index in [9.17, 15) is 14.7 Å². The van der Waals surface area contributed by atoms with Gasteiger partial charge in [0.2, 0.25) is 0 Å². The second kappa shape index (κ2) is 9.51. The number of nitrogens with zero attached hydrogens (tertiary/aromatic N) is 1. The number of hydrogen-bond acceptors (Lipinski definition) is 5. The van der Waals surface area contributed by atoms with Crippen molar-refractivity contribution in [3.63, 3.8) is 0 Å². The van der Waals surface area contributed by atoms with Crippen LogP contribution in [0.25, 0.3) is 0 Å². The molecular weight excluding hydrogens is 328 g/mol. The zero-order valence-electron chi connectivity index (χ0n) is 15.4. The monoisotopic (exact) mass is 354 g/mol. The Hall–Kier alpha value is -2.77. The molecule has 1 amide bonds. The summed E-state index contributed by atoms with van der Waals surface area (Å²) in [6.45, 7) is 6.23. The van der Waals surface area contributed by atoms with Crippen LogP contribution in [-0.4, -0.2) is 47.9 Å². The lowest BCUT2D eigenvalue weighted by atomic mass is 10.1. The minimum absolute atomic E-state index is 0.485. The minimum atomic E-state index is -1.14. The average Bonchev–Trinajstić information content (AvgIpc) is 2.42. The fourth-order valence-corrected chi connectivity index (χ4v) is 1.68. The lowest BCUT2D eigenvalue weighted by Crippen LogP contribution is -2.38. The van der Waals surface area contributed by atoms with Gasteiger partial charge in [0.25, 0.3) is 5.97 Å². The highest BCUT2D eigenvalue weighted by molar-refractivity contribution is 5.81. The molecule has 0 spiro atoms. The number of carboxylic acid groups (broad SMARTS) is 2. The summed E-state index contributed by atoms with van der Waals surface area (Å²) in [5, 5.41) is 19.1. The molecule has 140 valence electrons. The molecule has 0 aliphatic heterocycles. The zero-order valence-corrected chi connectivity index (χ0v) is 15.4. The van der Waals surface area contributed by atoms with Gasteiger partial charge in [0.15, 0.2) is 6.04 Å². The number of alkyl carbamates (subject to hydrolysis) is 1. The van der Waals surface area contributed by atoms with Crippen molar-refractivity contribution in [1.29, 1.82) is 0 Å². The largest absolute Gasteiger partial charge is 0.481 e. The second-order valence-corrected chi connectivity index (χ2v) is 6.42. The van der Waals surface area contributed by atoms with Crippen molar-refractivity contribution in [2.75, 3.05) is 19.0 Å². The predicted molar refractivity (Wildman–Crippen MR) is 93.8 cm³/mol. The van der Waals surface area contributed by atoms with E-state index in [1.807, 2.05) is 19.0 Å². The van der Waals surface area contributed by atoms with E-state index in [1.54, 1.807) is 45.0 Å². The van der Waals surface area contributed by atoms with Crippen LogP contribution in [0.5, 0.6) is 0 Å². The van der Waals surface area contributed by atoms with E-state index in [-0.39, 0.29) is 0 Å². The molecule has 1 aromatic carbocycles. The van der Waals surface area contributed by atoms with Crippen LogP contribution in [0.15, 0.2) is 24.3 Å². The lowest BCUT2D eigenvalue weighted by molar-refractivity contribution is -0.139. The second-order valence-electron chi connectivity index (χ2n) is 6.42. The van der Waals surface area contributed by atoms with Gasteiger partial charge in [-0.3, -0.25) is 4.79 Å². The first-order valence-electron chi connectivity index (χ1n) is 7.52. The number of nitrogens with one attached hydrogen (secondary N) is 1. The molecule has 0 aliphatic carbocycles. The summed E-state index contributed by atoms with van der Waals surface area (Å²) < 4.78 is 5.08. The topological polar surface area (TPSA) is 116 Å². The number of aliphatic carboxylic acids is 2. The number of amides is 1. The fourth-order valence-electron chi connectivity index (χ4n) is 1.68. The number of ether oxygens (including phenoxy) is 1. The number of hydrogen-bond donors (Lipinski definition) is 3. The third-order valence-corrected chi connectivity index (χ3v) is 2.65. The number of rotatable bonds is 4. The maximum absolute atomic E-state index is 11.7. The average molecular weight is 354 g/mol. The highest BCUT2D eigenvalue weighted by Crippen LogP contribution is 2.19. The third kappa shape index (κ3) is 9.85. The number of carbonyl (C=O) groups is 3. The molecule has 0 heterocycles. The quantitative estimate of drug-likeness (QED) is 0.760. The van der Waals surface area contributed by atoms with Crippen LogP contribution in [0.1, 0.15) is 39.3 Å². The van der Waals surface area contributed by atoms with Gasteiger partial charge >= 0.3 is 12.1 Å². The van der Waals surface area contributed by atoms with Gasteiger partial charge in [0.05, 0.1) is 0 Å². The van der Waals surface area contributed by atoms with E-state index < -0.39 is 29.7 Å². The van der Waals surface area contributed by atoms with Gasteiger partial charge in [-0.15, -0.1) is 0 Å². The molecule has 0 fully saturated rings. The molecule has 1 rings (SSSR count). The van der Waals surface area contributed by atoms with E-state index in [2.05, 4.69) is 5.32 Å². The maximum Gasteiger partial charge on any atom is 0.408 e. The summed E-state index contributed by atoms with van der Waals surface area (Å²) in [5.74, 6) is -1.97. The Labute approximate surface area is 147 Å². The minimum Gasteiger partial charge on any atom is -0.481 e. The summed E-state index contributed by atoms with van der Waals surface area (Å²) in [6.07, 6.45) is -0.758. The van der Waals surface area contributed by atoms with E-state index in [0.717, 1.165) is 12.6 Å². The molecule has 25 heavy (non-hydrogen) atoms. The Morgan fingerprint density at radius 1 is 1.08 bits per heavy atom. The summed E-state index contributed by atoms with van der Waals surface area (Å²) in [5.41, 5.74) is 0.751. The fraction of sp³-hybridized carbons (Fsp3) is 0.471. The van der Waals surface area contributed by atoms with Gasteiger partial charge in [-0.2, -0.15) is 0 Å². The van der Waals surface area contributed by atoms with Crippen LogP contribution in [0.3, 0.4) is 0 Å². The Morgan fingerprint density at radius 2 is 1.52 bits per heavy atom. The molecule has 1 aromatic rings. The van der Waals surface area contributed by atoms with Gasteiger partial charge in [0, 0.05) is 26.7 Å². The Kier molecular flexibility index (Phi) is 8.45. The van der Waals surface area contributed by atoms with Crippen molar-refractivity contribution in [2.24, 2.45) is 0 Å². The van der Waals surface area contributed by atoms with Crippen molar-refractivity contribution >= 4 is 23.7 Å². The van der Waals surface area contributed by atoms with Crippen LogP contribution in [0.2, 0.25) is 0 Å². The van der Waals surface area contributed by atoms with Gasteiger partial charge < -0.3 is 25.2 Å². The van der Waals surface area contributed by atoms with Crippen molar-refractivity contribution in [1.82, 2.24) is 5.32 Å². The van der Waals surface area contributed by atoms with Crippen LogP contribution in [0.4, 0.5) is 10.5 Å².